The average molecular weight is 439 g/mol. The SMILES string of the molecule is CCOC(=O)/C(C#N)=C/c1ccc(OC(=O)CCCOc2ccc(OC)cc2)c(OC)c1. The van der Waals surface area contributed by atoms with Gasteiger partial charge in [0, 0.05) is 6.42 Å². The van der Waals surface area contributed by atoms with Crippen LogP contribution in [-0.2, 0) is 14.3 Å². The topological polar surface area (TPSA) is 104 Å². The molecule has 2 aromatic rings. The van der Waals surface area contributed by atoms with Crippen molar-refractivity contribution in [2.45, 2.75) is 19.8 Å². The van der Waals surface area contributed by atoms with Gasteiger partial charge in [-0.3, -0.25) is 4.79 Å². The van der Waals surface area contributed by atoms with E-state index < -0.39 is 11.9 Å². The Balaban J connectivity index is 1.91. The fraction of sp³-hybridized carbons (Fsp3) is 0.292. The van der Waals surface area contributed by atoms with Crippen LogP contribution in [0.3, 0.4) is 0 Å². The minimum atomic E-state index is -0.707. The second-order valence-corrected chi connectivity index (χ2v) is 6.40. The fourth-order valence-electron chi connectivity index (χ4n) is 2.62. The van der Waals surface area contributed by atoms with Crippen LogP contribution in [0.1, 0.15) is 25.3 Å². The van der Waals surface area contributed by atoms with E-state index in [1.165, 1.54) is 19.3 Å². The first-order valence-electron chi connectivity index (χ1n) is 9.95. The summed E-state index contributed by atoms with van der Waals surface area (Å²) in [7, 11) is 3.02. The molecule has 0 N–H and O–H groups in total. The molecule has 0 bridgehead atoms. The van der Waals surface area contributed by atoms with Crippen LogP contribution in [0.2, 0.25) is 0 Å². The fourth-order valence-corrected chi connectivity index (χ4v) is 2.62. The lowest BCUT2D eigenvalue weighted by atomic mass is 10.1. The van der Waals surface area contributed by atoms with E-state index in [1.54, 1.807) is 50.4 Å². The van der Waals surface area contributed by atoms with E-state index in [9.17, 15) is 9.59 Å². The molecule has 0 aromatic heterocycles. The molecule has 0 radical (unpaired) electrons. The van der Waals surface area contributed by atoms with Crippen molar-refractivity contribution < 1.29 is 33.3 Å². The van der Waals surface area contributed by atoms with Crippen LogP contribution in [0.25, 0.3) is 6.08 Å². The molecule has 0 saturated carbocycles. The predicted molar refractivity (Wildman–Crippen MR) is 117 cm³/mol. The van der Waals surface area contributed by atoms with Crippen LogP contribution in [0.15, 0.2) is 48.0 Å². The van der Waals surface area contributed by atoms with Gasteiger partial charge < -0.3 is 23.7 Å². The zero-order valence-electron chi connectivity index (χ0n) is 18.3. The first-order valence-corrected chi connectivity index (χ1v) is 9.95. The second kappa shape index (κ2) is 12.6. The van der Waals surface area contributed by atoms with Gasteiger partial charge in [-0.25, -0.2) is 4.79 Å². The van der Waals surface area contributed by atoms with Crippen LogP contribution in [-0.4, -0.2) is 39.4 Å². The smallest absolute Gasteiger partial charge is 0.348 e. The molecule has 2 aromatic carbocycles. The Morgan fingerprint density at radius 3 is 2.34 bits per heavy atom. The summed E-state index contributed by atoms with van der Waals surface area (Å²) in [5.41, 5.74) is 0.384. The summed E-state index contributed by atoms with van der Waals surface area (Å²) in [5, 5.41) is 9.15. The van der Waals surface area contributed by atoms with Gasteiger partial charge in [0.1, 0.15) is 23.1 Å². The first kappa shape index (κ1) is 24.3. The Kier molecular flexibility index (Phi) is 9.60. The molecule has 0 aliphatic carbocycles. The highest BCUT2D eigenvalue weighted by Crippen LogP contribution is 2.29. The van der Waals surface area contributed by atoms with Crippen LogP contribution in [0.5, 0.6) is 23.0 Å². The quantitative estimate of drug-likeness (QED) is 0.170. The van der Waals surface area contributed by atoms with Crippen molar-refractivity contribution in [1.82, 2.24) is 0 Å². The standard InChI is InChI=1S/C24H25NO7/c1-4-30-24(27)18(16-25)14-17-7-12-21(22(15-17)29-3)32-23(26)6-5-13-31-20-10-8-19(28-2)9-11-20/h7-12,14-15H,4-6,13H2,1-3H3/b18-14+. The number of carbonyl (C=O) groups excluding carboxylic acids is 2. The van der Waals surface area contributed by atoms with Gasteiger partial charge in [0.15, 0.2) is 11.5 Å². The third-order valence-electron chi connectivity index (χ3n) is 4.19. The highest BCUT2D eigenvalue weighted by molar-refractivity contribution is 5.98. The van der Waals surface area contributed by atoms with Crippen molar-refractivity contribution in [3.8, 4) is 29.1 Å². The highest BCUT2D eigenvalue weighted by Gasteiger charge is 2.13. The van der Waals surface area contributed by atoms with E-state index in [1.807, 2.05) is 6.07 Å². The summed E-state index contributed by atoms with van der Waals surface area (Å²) < 4.78 is 26.2. The Morgan fingerprint density at radius 1 is 1.00 bits per heavy atom. The summed E-state index contributed by atoms with van der Waals surface area (Å²) in [6, 6.07) is 13.7. The Labute approximate surface area is 186 Å². The lowest BCUT2D eigenvalue weighted by Crippen LogP contribution is -2.10. The molecule has 0 saturated heterocycles. The summed E-state index contributed by atoms with van der Waals surface area (Å²) in [6.07, 6.45) is 2.00. The molecule has 0 unspecified atom stereocenters. The van der Waals surface area contributed by atoms with Crippen molar-refractivity contribution in [3.05, 3.63) is 53.6 Å². The van der Waals surface area contributed by atoms with Gasteiger partial charge in [-0.2, -0.15) is 5.26 Å². The monoisotopic (exact) mass is 439 g/mol. The number of ether oxygens (including phenoxy) is 5. The third-order valence-corrected chi connectivity index (χ3v) is 4.19. The Morgan fingerprint density at radius 2 is 1.72 bits per heavy atom. The Hall–Kier alpha value is -3.99. The minimum absolute atomic E-state index is 0.143. The van der Waals surface area contributed by atoms with Gasteiger partial charge >= 0.3 is 11.9 Å². The van der Waals surface area contributed by atoms with Crippen molar-refractivity contribution in [2.75, 3.05) is 27.4 Å². The van der Waals surface area contributed by atoms with Crippen LogP contribution >= 0.6 is 0 Å². The zero-order valence-corrected chi connectivity index (χ0v) is 18.3. The van der Waals surface area contributed by atoms with Crippen molar-refractivity contribution in [2.24, 2.45) is 0 Å². The molecule has 8 nitrogen and oxygen atoms in total. The van der Waals surface area contributed by atoms with E-state index in [-0.39, 0.29) is 24.4 Å². The third kappa shape index (κ3) is 7.36. The lowest BCUT2D eigenvalue weighted by Gasteiger charge is -2.11. The van der Waals surface area contributed by atoms with Gasteiger partial charge in [-0.05, 0) is 61.4 Å². The minimum Gasteiger partial charge on any atom is -0.497 e. The van der Waals surface area contributed by atoms with E-state index >= 15 is 0 Å². The summed E-state index contributed by atoms with van der Waals surface area (Å²) in [4.78, 5) is 23.9. The number of nitrogens with zero attached hydrogens (tertiary/aromatic N) is 1. The second-order valence-electron chi connectivity index (χ2n) is 6.40. The molecule has 0 amide bonds. The number of hydrogen-bond donors (Lipinski definition) is 0. The Bertz CT molecular complexity index is 990. The number of carbonyl (C=O) groups is 2. The number of nitriles is 1. The average Bonchev–Trinajstić information content (AvgIpc) is 2.81. The maximum absolute atomic E-state index is 12.2. The van der Waals surface area contributed by atoms with Crippen molar-refractivity contribution >= 4 is 18.0 Å². The molecule has 168 valence electrons. The van der Waals surface area contributed by atoms with E-state index in [2.05, 4.69) is 0 Å². The van der Waals surface area contributed by atoms with Crippen LogP contribution in [0, 0.1) is 11.3 Å². The largest absolute Gasteiger partial charge is 0.497 e. The summed E-state index contributed by atoms with van der Waals surface area (Å²) in [5.74, 6) is 0.809. The van der Waals surface area contributed by atoms with Gasteiger partial charge in [-0.1, -0.05) is 6.07 Å². The number of benzene rings is 2. The molecule has 0 heterocycles. The number of methoxy groups -OCH3 is 2. The zero-order chi connectivity index (χ0) is 23.3. The summed E-state index contributed by atoms with van der Waals surface area (Å²) >= 11 is 0. The molecule has 2 rings (SSSR count). The predicted octanol–water partition coefficient (Wildman–Crippen LogP) is 3.94. The molecule has 0 atom stereocenters. The molecular weight excluding hydrogens is 414 g/mol. The molecule has 0 spiro atoms. The maximum Gasteiger partial charge on any atom is 0.348 e. The molecule has 8 heteroatoms. The van der Waals surface area contributed by atoms with Crippen molar-refractivity contribution in [3.63, 3.8) is 0 Å². The van der Waals surface area contributed by atoms with E-state index in [0.717, 1.165) is 5.75 Å². The van der Waals surface area contributed by atoms with E-state index in [4.69, 9.17) is 28.9 Å². The van der Waals surface area contributed by atoms with Crippen molar-refractivity contribution in [1.29, 1.82) is 5.26 Å². The molecule has 32 heavy (non-hydrogen) atoms. The van der Waals surface area contributed by atoms with Crippen LogP contribution < -0.4 is 18.9 Å². The lowest BCUT2D eigenvalue weighted by molar-refractivity contribution is -0.138. The molecule has 0 fully saturated rings. The first-order chi connectivity index (χ1) is 15.5. The molecule has 0 aliphatic rings. The van der Waals surface area contributed by atoms with Gasteiger partial charge in [0.2, 0.25) is 0 Å². The van der Waals surface area contributed by atoms with E-state index in [0.29, 0.717) is 30.1 Å². The molecular formula is C24H25NO7. The normalized spacial score (nSPS) is 10.6. The number of esters is 2. The van der Waals surface area contributed by atoms with Crippen LogP contribution in [0.4, 0.5) is 0 Å². The number of hydrogen-bond acceptors (Lipinski definition) is 8. The summed E-state index contributed by atoms with van der Waals surface area (Å²) in [6.45, 7) is 2.18. The van der Waals surface area contributed by atoms with Gasteiger partial charge in [0.05, 0.1) is 27.4 Å². The molecule has 0 aliphatic heterocycles. The van der Waals surface area contributed by atoms with Gasteiger partial charge in [-0.15, -0.1) is 0 Å². The maximum atomic E-state index is 12.2. The number of rotatable bonds is 11. The van der Waals surface area contributed by atoms with Gasteiger partial charge in [0.25, 0.3) is 0 Å². The highest BCUT2D eigenvalue weighted by atomic mass is 16.6.